The first-order valence-corrected chi connectivity index (χ1v) is 7.19. The van der Waals surface area contributed by atoms with Gasteiger partial charge in [-0.15, -0.1) is 0 Å². The highest BCUT2D eigenvalue weighted by molar-refractivity contribution is 6.24. The van der Waals surface area contributed by atoms with Crippen molar-refractivity contribution >= 4 is 17.6 Å². The molecule has 0 saturated carbocycles. The number of hydrogen-bond donors (Lipinski definition) is 1. The van der Waals surface area contributed by atoms with Crippen LogP contribution >= 0.6 is 0 Å². The van der Waals surface area contributed by atoms with E-state index < -0.39 is 0 Å². The van der Waals surface area contributed by atoms with Gasteiger partial charge in [0.25, 0.3) is 5.91 Å². The molecule has 3 nitrogen and oxygen atoms in total. The smallest absolute Gasteiger partial charge is 0.252 e. The number of nitrogens with one attached hydrogen (secondary N) is 1. The molecule has 1 N–H and O–H groups in total. The van der Waals surface area contributed by atoms with Crippen LogP contribution in [0.5, 0.6) is 0 Å². The maximum absolute atomic E-state index is 12.6. The van der Waals surface area contributed by atoms with Crippen LogP contribution in [0.15, 0.2) is 53.1 Å². The zero-order valence-corrected chi connectivity index (χ0v) is 12.7. The van der Waals surface area contributed by atoms with Gasteiger partial charge in [0.15, 0.2) is 0 Å². The minimum absolute atomic E-state index is 0.0844. The summed E-state index contributed by atoms with van der Waals surface area (Å²) in [5.41, 5.74) is 1.49. The van der Waals surface area contributed by atoms with E-state index in [1.165, 1.54) is 0 Å². The molecule has 0 unspecified atom stereocenters. The summed E-state index contributed by atoms with van der Waals surface area (Å²) in [6.07, 6.45) is 3.38. The van der Waals surface area contributed by atoms with Crippen molar-refractivity contribution in [2.24, 2.45) is 5.92 Å². The average molecular weight is 283 g/mol. The van der Waals surface area contributed by atoms with Crippen molar-refractivity contribution in [3.8, 4) is 0 Å². The third-order valence-electron chi connectivity index (χ3n) is 3.52. The van der Waals surface area contributed by atoms with Gasteiger partial charge in [0.1, 0.15) is 5.76 Å². The lowest BCUT2D eigenvalue weighted by Gasteiger charge is -2.18. The Bertz CT molecular complexity index is 597. The summed E-state index contributed by atoms with van der Waals surface area (Å²) in [5, 5.41) is 3.04. The van der Waals surface area contributed by atoms with Crippen LogP contribution < -0.4 is 5.32 Å². The highest BCUT2D eigenvalue weighted by atomic mass is 16.3. The molecule has 1 heterocycles. The predicted molar refractivity (Wildman–Crippen MR) is 85.5 cm³/mol. The van der Waals surface area contributed by atoms with Crippen molar-refractivity contribution in [1.82, 2.24) is 5.32 Å². The van der Waals surface area contributed by atoms with Gasteiger partial charge in [0.2, 0.25) is 0 Å². The van der Waals surface area contributed by atoms with Crippen molar-refractivity contribution in [3.05, 3.63) is 60.1 Å². The average Bonchev–Trinajstić information content (AvgIpc) is 2.98. The molecule has 0 saturated heterocycles. The van der Waals surface area contributed by atoms with E-state index in [2.05, 4.69) is 19.2 Å². The van der Waals surface area contributed by atoms with E-state index in [0.717, 1.165) is 5.56 Å². The number of benzene rings is 1. The van der Waals surface area contributed by atoms with Gasteiger partial charge in [-0.1, -0.05) is 44.2 Å². The number of rotatable bonds is 5. The molecule has 110 valence electrons. The molecular weight excluding hydrogens is 262 g/mol. The molecule has 1 atom stereocenters. The molecule has 0 fully saturated rings. The van der Waals surface area contributed by atoms with Gasteiger partial charge in [0.05, 0.1) is 11.8 Å². The van der Waals surface area contributed by atoms with Crippen LogP contribution in [0.25, 0.3) is 11.6 Å². The second-order valence-electron chi connectivity index (χ2n) is 5.45. The van der Waals surface area contributed by atoms with E-state index in [4.69, 9.17) is 4.42 Å². The minimum Gasteiger partial charge on any atom is -0.465 e. The van der Waals surface area contributed by atoms with Crippen molar-refractivity contribution in [1.29, 1.82) is 0 Å². The van der Waals surface area contributed by atoms with Crippen LogP contribution in [0.4, 0.5) is 0 Å². The van der Waals surface area contributed by atoms with Gasteiger partial charge in [0, 0.05) is 6.04 Å². The third-order valence-corrected chi connectivity index (χ3v) is 3.52. The molecule has 1 aromatic heterocycles. The fourth-order valence-electron chi connectivity index (χ4n) is 1.86. The van der Waals surface area contributed by atoms with Gasteiger partial charge >= 0.3 is 0 Å². The fraction of sp³-hybridized carbons (Fsp3) is 0.278. The van der Waals surface area contributed by atoms with Crippen molar-refractivity contribution in [2.45, 2.75) is 26.8 Å². The van der Waals surface area contributed by atoms with Gasteiger partial charge in [-0.05, 0) is 36.6 Å². The van der Waals surface area contributed by atoms with Crippen molar-refractivity contribution < 1.29 is 9.21 Å². The van der Waals surface area contributed by atoms with Crippen LogP contribution in [0, 0.1) is 5.92 Å². The van der Waals surface area contributed by atoms with Crippen LogP contribution in [-0.4, -0.2) is 11.9 Å². The topological polar surface area (TPSA) is 42.2 Å². The Kier molecular flexibility index (Phi) is 4.99. The highest BCUT2D eigenvalue weighted by Gasteiger charge is 2.16. The van der Waals surface area contributed by atoms with E-state index in [0.29, 0.717) is 17.3 Å². The molecule has 0 aliphatic carbocycles. The second kappa shape index (κ2) is 6.93. The van der Waals surface area contributed by atoms with Crippen molar-refractivity contribution in [3.63, 3.8) is 0 Å². The summed E-state index contributed by atoms with van der Waals surface area (Å²) in [7, 11) is 0. The Labute approximate surface area is 125 Å². The molecule has 2 rings (SSSR count). The summed E-state index contributed by atoms with van der Waals surface area (Å²) in [5.74, 6) is 0.967. The van der Waals surface area contributed by atoms with E-state index >= 15 is 0 Å². The zero-order valence-electron chi connectivity index (χ0n) is 12.7. The van der Waals surface area contributed by atoms with E-state index in [1.54, 1.807) is 12.3 Å². The Hall–Kier alpha value is -2.29. The Morgan fingerprint density at radius 1 is 1.10 bits per heavy atom. The summed E-state index contributed by atoms with van der Waals surface area (Å²) < 4.78 is 5.33. The molecule has 0 bridgehead atoms. The molecule has 2 aromatic rings. The lowest BCUT2D eigenvalue weighted by molar-refractivity contribution is -0.116. The SMILES string of the molecule is CC(C)[C@@H](C)NC(=O)/C(=C/c1ccco1)c1ccccc1. The molecule has 3 heteroatoms. The first kappa shape index (κ1) is 15.1. The number of amides is 1. The summed E-state index contributed by atoms with van der Waals surface area (Å²) in [6, 6.07) is 13.4. The van der Waals surface area contributed by atoms with Crippen molar-refractivity contribution in [2.75, 3.05) is 0 Å². The molecule has 21 heavy (non-hydrogen) atoms. The van der Waals surface area contributed by atoms with Crippen LogP contribution in [0.2, 0.25) is 0 Å². The first-order chi connectivity index (χ1) is 10.1. The molecule has 0 aliphatic rings. The summed E-state index contributed by atoms with van der Waals surface area (Å²) >= 11 is 0. The Morgan fingerprint density at radius 2 is 1.81 bits per heavy atom. The van der Waals surface area contributed by atoms with Gasteiger partial charge in [-0.3, -0.25) is 4.79 Å². The number of hydrogen-bond acceptors (Lipinski definition) is 2. The number of carbonyl (C=O) groups is 1. The Balaban J connectivity index is 2.31. The molecule has 1 amide bonds. The molecule has 0 aliphatic heterocycles. The summed E-state index contributed by atoms with van der Waals surface area (Å²) in [6.45, 7) is 6.19. The predicted octanol–water partition coefficient (Wildman–Crippen LogP) is 3.98. The number of carbonyl (C=O) groups excluding carboxylic acids is 1. The fourth-order valence-corrected chi connectivity index (χ4v) is 1.86. The zero-order chi connectivity index (χ0) is 15.2. The Morgan fingerprint density at radius 3 is 2.38 bits per heavy atom. The van der Waals surface area contributed by atoms with Crippen LogP contribution in [-0.2, 0) is 4.79 Å². The van der Waals surface area contributed by atoms with Gasteiger partial charge in [-0.25, -0.2) is 0 Å². The van der Waals surface area contributed by atoms with Crippen LogP contribution in [0.3, 0.4) is 0 Å². The first-order valence-electron chi connectivity index (χ1n) is 7.19. The minimum atomic E-state index is -0.0844. The maximum atomic E-state index is 12.6. The molecular formula is C18H21NO2. The van der Waals surface area contributed by atoms with Gasteiger partial charge in [-0.2, -0.15) is 0 Å². The van der Waals surface area contributed by atoms with E-state index in [-0.39, 0.29) is 11.9 Å². The highest BCUT2D eigenvalue weighted by Crippen LogP contribution is 2.19. The summed E-state index contributed by atoms with van der Waals surface area (Å²) in [4.78, 5) is 12.6. The quantitative estimate of drug-likeness (QED) is 0.843. The monoisotopic (exact) mass is 283 g/mol. The molecule has 1 aromatic carbocycles. The normalized spacial score (nSPS) is 13.2. The maximum Gasteiger partial charge on any atom is 0.252 e. The molecule has 0 spiro atoms. The van der Waals surface area contributed by atoms with E-state index in [9.17, 15) is 4.79 Å². The third kappa shape index (κ3) is 4.09. The lowest BCUT2D eigenvalue weighted by Crippen LogP contribution is -2.36. The van der Waals surface area contributed by atoms with E-state index in [1.807, 2.05) is 49.4 Å². The largest absolute Gasteiger partial charge is 0.465 e. The standard InChI is InChI=1S/C18H21NO2/c1-13(2)14(3)19-18(20)17(12-16-10-7-11-21-16)15-8-5-4-6-9-15/h4-14H,1-3H3,(H,19,20)/b17-12+/t14-/m1/s1. The number of furan rings is 1. The lowest BCUT2D eigenvalue weighted by atomic mass is 10.0. The molecule has 0 radical (unpaired) electrons. The van der Waals surface area contributed by atoms with Gasteiger partial charge < -0.3 is 9.73 Å². The van der Waals surface area contributed by atoms with Crippen LogP contribution in [0.1, 0.15) is 32.1 Å². The second-order valence-corrected chi connectivity index (χ2v) is 5.45.